The van der Waals surface area contributed by atoms with Crippen LogP contribution in [0.2, 0.25) is 13.1 Å². The molecule has 14 heteroatoms. The van der Waals surface area contributed by atoms with Crippen LogP contribution in [-0.4, -0.2) is 58.9 Å². The maximum absolute atomic E-state index is 13.1. The number of tetrazole rings is 1. The standard InChI is InChI=1S/C24H29ClF2N7O3Si/c1-23(2,3)18-10-11-34(22(18)37-38(4)5)20-17(19-30-32-33-31-19)12-14(13-28-20)21(35)29-15-6-8-16(9-7-15)36-24(25,26)27/h6-9,12-13,18,22H,10-11H2,1-5H3,(H,29,35)(H,30,31,32,33). The predicted molar refractivity (Wildman–Crippen MR) is 140 cm³/mol. The molecule has 0 spiro atoms. The topological polar surface area (TPSA) is 118 Å². The van der Waals surface area contributed by atoms with E-state index in [-0.39, 0.29) is 28.9 Å². The van der Waals surface area contributed by atoms with Crippen molar-refractivity contribution in [3.8, 4) is 17.1 Å². The highest BCUT2D eigenvalue weighted by atomic mass is 35.5. The molecule has 1 aliphatic heterocycles. The second kappa shape index (κ2) is 10.9. The van der Waals surface area contributed by atoms with Gasteiger partial charge in [-0.25, -0.2) is 4.98 Å². The zero-order chi connectivity index (χ0) is 27.7. The minimum atomic E-state index is -3.83. The second-order valence-electron chi connectivity index (χ2n) is 10.2. The number of alkyl halides is 3. The van der Waals surface area contributed by atoms with Crippen LogP contribution in [0.5, 0.6) is 5.75 Å². The minimum Gasteiger partial charge on any atom is -0.420 e. The van der Waals surface area contributed by atoms with E-state index in [4.69, 9.17) is 16.0 Å². The number of pyridine rings is 1. The first-order valence-electron chi connectivity index (χ1n) is 12.0. The number of aromatic nitrogens is 5. The Balaban J connectivity index is 1.62. The van der Waals surface area contributed by atoms with Crippen LogP contribution in [0.4, 0.5) is 20.3 Å². The van der Waals surface area contributed by atoms with Crippen LogP contribution in [0.1, 0.15) is 37.6 Å². The van der Waals surface area contributed by atoms with Gasteiger partial charge in [-0.05, 0) is 60.5 Å². The van der Waals surface area contributed by atoms with Crippen molar-refractivity contribution in [1.29, 1.82) is 0 Å². The number of hydrogen-bond acceptors (Lipinski definition) is 8. The zero-order valence-electron chi connectivity index (χ0n) is 21.6. The average Bonchev–Trinajstić information content (AvgIpc) is 3.49. The van der Waals surface area contributed by atoms with Gasteiger partial charge in [0.25, 0.3) is 5.91 Å². The molecule has 4 rings (SSSR count). The molecule has 0 aliphatic carbocycles. The normalized spacial score (nSPS) is 18.2. The van der Waals surface area contributed by atoms with Gasteiger partial charge in [0, 0.05) is 35.9 Å². The maximum Gasteiger partial charge on any atom is 0.487 e. The third kappa shape index (κ3) is 6.63. The average molecular weight is 565 g/mol. The number of carbonyl (C=O) groups excluding carboxylic acids is 1. The molecule has 1 saturated heterocycles. The maximum atomic E-state index is 13.1. The van der Waals surface area contributed by atoms with Gasteiger partial charge in [-0.1, -0.05) is 20.8 Å². The lowest BCUT2D eigenvalue weighted by Gasteiger charge is -2.37. The number of H-pyrrole nitrogens is 1. The molecule has 2 unspecified atom stereocenters. The van der Waals surface area contributed by atoms with Crippen LogP contribution in [0.3, 0.4) is 0 Å². The number of rotatable bonds is 8. The van der Waals surface area contributed by atoms with Gasteiger partial charge >= 0.3 is 5.57 Å². The Labute approximate surface area is 225 Å². The van der Waals surface area contributed by atoms with Crippen LogP contribution in [0.25, 0.3) is 11.4 Å². The van der Waals surface area contributed by atoms with Gasteiger partial charge in [0.1, 0.15) is 17.8 Å². The van der Waals surface area contributed by atoms with Crippen LogP contribution in [0.15, 0.2) is 36.5 Å². The number of carbonyl (C=O) groups is 1. The lowest BCUT2D eigenvalue weighted by molar-refractivity contribution is -0.0964. The first-order chi connectivity index (χ1) is 17.8. The van der Waals surface area contributed by atoms with Gasteiger partial charge < -0.3 is 19.4 Å². The van der Waals surface area contributed by atoms with E-state index < -0.39 is 20.5 Å². The monoisotopic (exact) mass is 564 g/mol. The third-order valence-corrected chi connectivity index (χ3v) is 6.92. The van der Waals surface area contributed by atoms with Gasteiger partial charge in [0.15, 0.2) is 0 Å². The smallest absolute Gasteiger partial charge is 0.420 e. The Morgan fingerprint density at radius 2 is 1.95 bits per heavy atom. The van der Waals surface area contributed by atoms with Crippen molar-refractivity contribution in [2.45, 2.75) is 52.1 Å². The number of aromatic amines is 1. The van der Waals surface area contributed by atoms with Crippen LogP contribution in [-0.2, 0) is 4.43 Å². The number of halogens is 3. The van der Waals surface area contributed by atoms with E-state index in [0.717, 1.165) is 13.0 Å². The highest BCUT2D eigenvalue weighted by Gasteiger charge is 2.43. The van der Waals surface area contributed by atoms with E-state index >= 15 is 0 Å². The number of hydrogen-bond donors (Lipinski definition) is 2. The number of nitrogens with one attached hydrogen (secondary N) is 2. The summed E-state index contributed by atoms with van der Waals surface area (Å²) in [6.07, 6.45) is 2.22. The van der Waals surface area contributed by atoms with Gasteiger partial charge in [-0.3, -0.25) is 4.79 Å². The highest BCUT2D eigenvalue weighted by Crippen LogP contribution is 2.42. The van der Waals surface area contributed by atoms with Crippen LogP contribution in [0, 0.1) is 11.3 Å². The third-order valence-electron chi connectivity index (χ3n) is 6.13. The summed E-state index contributed by atoms with van der Waals surface area (Å²) in [4.78, 5) is 19.8. The van der Waals surface area contributed by atoms with E-state index in [0.29, 0.717) is 22.9 Å². The van der Waals surface area contributed by atoms with Crippen LogP contribution < -0.4 is 15.0 Å². The summed E-state index contributed by atoms with van der Waals surface area (Å²) in [6.45, 7) is 11.5. The molecule has 203 valence electrons. The molecule has 2 N–H and O–H groups in total. The Hall–Kier alpha value is -3.16. The summed E-state index contributed by atoms with van der Waals surface area (Å²) in [6, 6.07) is 7.04. The molecule has 0 bridgehead atoms. The number of anilines is 2. The van der Waals surface area contributed by atoms with Crippen molar-refractivity contribution >= 4 is 38.1 Å². The molecular weight excluding hydrogens is 536 g/mol. The summed E-state index contributed by atoms with van der Waals surface area (Å²) < 4.78 is 36.5. The van der Waals surface area contributed by atoms with Gasteiger partial charge in [-0.15, -0.1) is 19.0 Å². The molecule has 10 nitrogen and oxygen atoms in total. The van der Waals surface area contributed by atoms with Crippen molar-refractivity contribution in [2.75, 3.05) is 16.8 Å². The molecule has 1 aromatic carbocycles. The van der Waals surface area contributed by atoms with Gasteiger partial charge in [0.2, 0.25) is 14.9 Å². The summed E-state index contributed by atoms with van der Waals surface area (Å²) >= 11 is 4.79. The minimum absolute atomic E-state index is 0.0170. The molecule has 1 radical (unpaired) electrons. The van der Waals surface area contributed by atoms with Gasteiger partial charge in [-0.2, -0.15) is 5.21 Å². The summed E-state index contributed by atoms with van der Waals surface area (Å²) in [5, 5.41) is 17.1. The first kappa shape index (κ1) is 27.9. The predicted octanol–water partition coefficient (Wildman–Crippen LogP) is 5.15. The van der Waals surface area contributed by atoms with Crippen molar-refractivity contribution in [3.05, 3.63) is 42.1 Å². The van der Waals surface area contributed by atoms with Crippen molar-refractivity contribution < 1.29 is 22.7 Å². The Bertz CT molecular complexity index is 1250. The summed E-state index contributed by atoms with van der Waals surface area (Å²) in [5.74, 6) is 0.567. The number of nitrogens with zero attached hydrogens (tertiary/aromatic N) is 5. The van der Waals surface area contributed by atoms with Crippen molar-refractivity contribution in [3.63, 3.8) is 0 Å². The molecule has 0 saturated carbocycles. The Kier molecular flexibility index (Phi) is 8.00. The lowest BCUT2D eigenvalue weighted by Crippen LogP contribution is -2.42. The zero-order valence-corrected chi connectivity index (χ0v) is 23.4. The van der Waals surface area contributed by atoms with Gasteiger partial charge in [0.05, 0.1) is 11.1 Å². The van der Waals surface area contributed by atoms with Crippen molar-refractivity contribution in [1.82, 2.24) is 25.6 Å². The Morgan fingerprint density at radius 3 is 2.53 bits per heavy atom. The van der Waals surface area contributed by atoms with E-state index in [2.05, 4.69) is 74.4 Å². The number of amides is 1. The molecule has 3 heterocycles. The first-order valence-corrected chi connectivity index (χ1v) is 14.7. The van der Waals surface area contributed by atoms with Crippen molar-refractivity contribution in [2.24, 2.45) is 11.3 Å². The fraction of sp³-hybridized carbons (Fsp3) is 0.458. The fourth-order valence-corrected chi connectivity index (χ4v) is 5.30. The highest BCUT2D eigenvalue weighted by molar-refractivity contribution is 6.48. The Morgan fingerprint density at radius 1 is 1.24 bits per heavy atom. The molecule has 3 aromatic rings. The summed E-state index contributed by atoms with van der Waals surface area (Å²) in [7, 11) is -1.02. The van der Waals surface area contributed by atoms with E-state index in [1.165, 1.54) is 30.5 Å². The molecule has 38 heavy (non-hydrogen) atoms. The molecule has 1 amide bonds. The van der Waals surface area contributed by atoms with E-state index in [1.54, 1.807) is 6.07 Å². The SMILES string of the molecule is C[Si](C)OC1C(C(C)(C)C)CCN1c1ncc(C(=O)Nc2ccc(OC(F)(F)Cl)cc2)cc1-c1nn[nH]n1. The quantitative estimate of drug-likeness (QED) is 0.285. The number of benzene rings is 1. The van der Waals surface area contributed by atoms with Crippen LogP contribution >= 0.6 is 11.6 Å². The molecule has 2 atom stereocenters. The van der Waals surface area contributed by atoms with E-state index in [9.17, 15) is 13.6 Å². The lowest BCUT2D eigenvalue weighted by atomic mass is 9.79. The second-order valence-corrected chi connectivity index (χ2v) is 12.7. The molecule has 1 fully saturated rings. The largest absolute Gasteiger partial charge is 0.487 e. The summed E-state index contributed by atoms with van der Waals surface area (Å²) in [5.41, 5.74) is -2.66. The molecule has 2 aromatic heterocycles. The van der Waals surface area contributed by atoms with E-state index in [1.807, 2.05) is 0 Å². The number of ether oxygens (including phenoxy) is 1. The fourth-order valence-electron chi connectivity index (χ4n) is 4.43. The molecule has 1 aliphatic rings. The molecular formula is C24H29ClF2N7O3Si.